The number of benzene rings is 1. The minimum atomic E-state index is -0.506. The summed E-state index contributed by atoms with van der Waals surface area (Å²) in [5.41, 5.74) is 1.92. The Morgan fingerprint density at radius 1 is 1.37 bits per heavy atom. The van der Waals surface area contributed by atoms with E-state index in [2.05, 4.69) is 4.98 Å². The van der Waals surface area contributed by atoms with Gasteiger partial charge in [0.25, 0.3) is 0 Å². The molecule has 1 heterocycles. The molecule has 2 rings (SSSR count). The van der Waals surface area contributed by atoms with Gasteiger partial charge < -0.3 is 9.32 Å². The first-order valence-corrected chi connectivity index (χ1v) is 5.81. The highest BCUT2D eigenvalue weighted by Crippen LogP contribution is 2.13. The van der Waals surface area contributed by atoms with Crippen molar-refractivity contribution in [2.75, 3.05) is 7.05 Å². The van der Waals surface area contributed by atoms with Crippen LogP contribution in [0, 0.1) is 0 Å². The van der Waals surface area contributed by atoms with Crippen LogP contribution in [0.5, 0.6) is 0 Å². The van der Waals surface area contributed by atoms with Gasteiger partial charge in [0.2, 0.25) is 5.91 Å². The molecule has 6 nitrogen and oxygen atoms in total. The predicted octanol–water partition coefficient (Wildman–Crippen LogP) is 1.06. The molecule has 0 bridgehead atoms. The largest absolute Gasteiger partial charge is 0.417 e. The summed E-state index contributed by atoms with van der Waals surface area (Å²) in [6.45, 7) is 1.75. The van der Waals surface area contributed by atoms with Gasteiger partial charge in [-0.1, -0.05) is 6.07 Å². The number of hydrogen-bond donors (Lipinski definition) is 1. The van der Waals surface area contributed by atoms with Crippen molar-refractivity contribution in [1.82, 2.24) is 9.88 Å². The zero-order valence-corrected chi connectivity index (χ0v) is 10.7. The van der Waals surface area contributed by atoms with E-state index in [4.69, 9.17) is 4.42 Å². The van der Waals surface area contributed by atoms with Gasteiger partial charge in [-0.05, 0) is 24.6 Å². The third kappa shape index (κ3) is 3.09. The lowest BCUT2D eigenvalue weighted by atomic mass is 10.2. The van der Waals surface area contributed by atoms with Gasteiger partial charge in [-0.3, -0.25) is 14.6 Å². The fraction of sp³-hybridized carbons (Fsp3) is 0.308. The maximum Gasteiger partial charge on any atom is 0.417 e. The number of rotatable bonds is 4. The van der Waals surface area contributed by atoms with Crippen molar-refractivity contribution < 1.29 is 14.0 Å². The van der Waals surface area contributed by atoms with E-state index in [1.54, 1.807) is 25.2 Å². The molecule has 0 fully saturated rings. The van der Waals surface area contributed by atoms with Crippen molar-refractivity contribution in [1.29, 1.82) is 0 Å². The van der Waals surface area contributed by atoms with Crippen LogP contribution in [0.4, 0.5) is 0 Å². The molecule has 1 aromatic heterocycles. The number of fused-ring (bicyclic) bond motifs is 1. The molecule has 1 aromatic carbocycles. The number of amides is 1. The second kappa shape index (κ2) is 5.09. The van der Waals surface area contributed by atoms with Crippen molar-refractivity contribution in [3.8, 4) is 0 Å². The van der Waals surface area contributed by atoms with E-state index >= 15 is 0 Å². The molecule has 0 aliphatic rings. The molecule has 0 radical (unpaired) electrons. The second-order valence-corrected chi connectivity index (χ2v) is 4.47. The maximum absolute atomic E-state index is 11.7. The van der Waals surface area contributed by atoms with Gasteiger partial charge in [0.05, 0.1) is 11.9 Å². The first kappa shape index (κ1) is 13.1. The average Bonchev–Trinajstić information content (AvgIpc) is 2.67. The number of nitrogens with one attached hydrogen (secondary N) is 1. The van der Waals surface area contributed by atoms with E-state index in [0.717, 1.165) is 5.56 Å². The first-order valence-electron chi connectivity index (χ1n) is 5.81. The summed E-state index contributed by atoms with van der Waals surface area (Å²) in [6.07, 6.45) is -0.0959. The number of hydrogen-bond acceptors (Lipinski definition) is 4. The number of aromatic amines is 1. The van der Waals surface area contributed by atoms with Crippen molar-refractivity contribution >= 4 is 22.8 Å². The number of carbonyl (C=O) groups excluding carboxylic acids is 2. The van der Waals surface area contributed by atoms with Crippen LogP contribution < -0.4 is 5.76 Å². The van der Waals surface area contributed by atoms with Crippen LogP contribution in [-0.4, -0.2) is 28.6 Å². The van der Waals surface area contributed by atoms with Crippen LogP contribution in [0.2, 0.25) is 0 Å². The van der Waals surface area contributed by atoms with Gasteiger partial charge >= 0.3 is 5.76 Å². The maximum atomic E-state index is 11.7. The van der Waals surface area contributed by atoms with Crippen molar-refractivity contribution in [2.45, 2.75) is 19.9 Å². The van der Waals surface area contributed by atoms with E-state index in [1.807, 2.05) is 0 Å². The summed E-state index contributed by atoms with van der Waals surface area (Å²) in [6, 6.07) is 5.19. The minimum absolute atomic E-state index is 0.0959. The van der Waals surface area contributed by atoms with Crippen molar-refractivity contribution in [3.63, 3.8) is 0 Å². The van der Waals surface area contributed by atoms with E-state index in [0.29, 0.717) is 17.6 Å². The van der Waals surface area contributed by atoms with Crippen LogP contribution in [-0.2, 0) is 16.1 Å². The summed E-state index contributed by atoms with van der Waals surface area (Å²) in [5.74, 6) is -0.895. The smallest absolute Gasteiger partial charge is 0.408 e. The molecular formula is C13H14N2O4. The number of aromatic nitrogens is 1. The second-order valence-electron chi connectivity index (χ2n) is 4.47. The highest BCUT2D eigenvalue weighted by Gasteiger charge is 2.12. The van der Waals surface area contributed by atoms with Crippen LogP contribution in [0.15, 0.2) is 27.4 Å². The molecule has 6 heteroatoms. The van der Waals surface area contributed by atoms with E-state index in [-0.39, 0.29) is 18.1 Å². The van der Waals surface area contributed by atoms with Gasteiger partial charge in [-0.25, -0.2) is 4.79 Å². The Morgan fingerprint density at radius 3 is 2.79 bits per heavy atom. The molecular weight excluding hydrogens is 248 g/mol. The Bertz CT molecular complexity index is 683. The van der Waals surface area contributed by atoms with Crippen molar-refractivity contribution in [3.05, 3.63) is 34.3 Å². The molecule has 0 atom stereocenters. The molecule has 2 aromatic rings. The van der Waals surface area contributed by atoms with E-state index in [1.165, 1.54) is 11.8 Å². The standard InChI is InChI=1S/C13H14N2O4/c1-8(16)5-12(17)15(2)7-9-3-4-11-10(6-9)14-13(18)19-11/h3-4,6H,5,7H2,1-2H3,(H,14,18). The molecule has 1 N–H and O–H groups in total. The lowest BCUT2D eigenvalue weighted by Gasteiger charge is -2.16. The fourth-order valence-corrected chi connectivity index (χ4v) is 1.81. The zero-order chi connectivity index (χ0) is 14.0. The number of carbonyl (C=O) groups is 2. The fourth-order valence-electron chi connectivity index (χ4n) is 1.81. The molecule has 0 aliphatic carbocycles. The molecule has 0 saturated heterocycles. The van der Waals surface area contributed by atoms with Gasteiger partial charge in [-0.15, -0.1) is 0 Å². The van der Waals surface area contributed by atoms with Gasteiger partial charge in [-0.2, -0.15) is 0 Å². The number of Topliss-reactive ketones (excluding diaryl/α,β-unsaturated/α-hetero) is 1. The molecule has 0 unspecified atom stereocenters. The molecule has 0 aliphatic heterocycles. The molecule has 100 valence electrons. The summed E-state index contributed by atoms with van der Waals surface area (Å²) in [4.78, 5) is 37.6. The minimum Gasteiger partial charge on any atom is -0.408 e. The van der Waals surface area contributed by atoms with Crippen LogP contribution in [0.1, 0.15) is 18.9 Å². The van der Waals surface area contributed by atoms with Crippen LogP contribution >= 0.6 is 0 Å². The van der Waals surface area contributed by atoms with Gasteiger partial charge in [0, 0.05) is 13.6 Å². The van der Waals surface area contributed by atoms with Gasteiger partial charge in [0.15, 0.2) is 5.58 Å². The monoisotopic (exact) mass is 262 g/mol. The van der Waals surface area contributed by atoms with Crippen LogP contribution in [0.25, 0.3) is 11.1 Å². The van der Waals surface area contributed by atoms with E-state index < -0.39 is 5.76 Å². The Labute approximate surface area is 109 Å². The topological polar surface area (TPSA) is 83.4 Å². The first-order chi connectivity index (χ1) is 8.95. The summed E-state index contributed by atoms with van der Waals surface area (Å²) in [7, 11) is 1.63. The Balaban J connectivity index is 2.14. The molecule has 0 spiro atoms. The average molecular weight is 262 g/mol. The Hall–Kier alpha value is -2.37. The quantitative estimate of drug-likeness (QED) is 0.835. The number of nitrogens with zero attached hydrogens (tertiary/aromatic N) is 1. The Morgan fingerprint density at radius 2 is 2.11 bits per heavy atom. The van der Waals surface area contributed by atoms with Crippen molar-refractivity contribution in [2.24, 2.45) is 0 Å². The Kier molecular flexibility index (Phi) is 3.50. The zero-order valence-electron chi connectivity index (χ0n) is 10.7. The number of oxazole rings is 1. The third-order valence-corrected chi connectivity index (χ3v) is 2.73. The number of ketones is 1. The van der Waals surface area contributed by atoms with E-state index in [9.17, 15) is 14.4 Å². The molecule has 19 heavy (non-hydrogen) atoms. The lowest BCUT2D eigenvalue weighted by Crippen LogP contribution is -2.27. The summed E-state index contributed by atoms with van der Waals surface area (Å²) < 4.78 is 4.89. The number of H-pyrrole nitrogens is 1. The van der Waals surface area contributed by atoms with Crippen LogP contribution in [0.3, 0.4) is 0 Å². The predicted molar refractivity (Wildman–Crippen MR) is 68.6 cm³/mol. The highest BCUT2D eigenvalue weighted by molar-refractivity contribution is 5.96. The lowest BCUT2D eigenvalue weighted by molar-refractivity contribution is -0.134. The summed E-state index contributed by atoms with van der Waals surface area (Å²) >= 11 is 0. The highest BCUT2D eigenvalue weighted by atomic mass is 16.4. The molecule has 1 amide bonds. The molecule has 0 saturated carbocycles. The van der Waals surface area contributed by atoms with Gasteiger partial charge in [0.1, 0.15) is 5.78 Å². The SMILES string of the molecule is CC(=O)CC(=O)N(C)Cc1ccc2oc(=O)[nH]c2c1. The third-order valence-electron chi connectivity index (χ3n) is 2.73. The normalized spacial score (nSPS) is 10.6. The summed E-state index contributed by atoms with van der Waals surface area (Å²) in [5, 5.41) is 0.